The van der Waals surface area contributed by atoms with E-state index in [1.165, 1.54) is 11.6 Å². The van der Waals surface area contributed by atoms with Crippen molar-refractivity contribution in [3.63, 3.8) is 0 Å². The van der Waals surface area contributed by atoms with E-state index in [4.69, 9.17) is 0 Å². The maximum Gasteiger partial charge on any atom is 0.416 e. The average molecular weight is 457 g/mol. The predicted octanol–water partition coefficient (Wildman–Crippen LogP) is 4.69. The first-order valence-electron chi connectivity index (χ1n) is 9.95. The topological polar surface area (TPSA) is 66.5 Å². The molecule has 0 aliphatic heterocycles. The lowest BCUT2D eigenvalue weighted by Gasteiger charge is -2.23. The van der Waals surface area contributed by atoms with Gasteiger partial charge in [0.15, 0.2) is 0 Å². The van der Waals surface area contributed by atoms with E-state index in [1.54, 1.807) is 0 Å². The van der Waals surface area contributed by atoms with Crippen LogP contribution in [0.25, 0.3) is 0 Å². The van der Waals surface area contributed by atoms with Crippen LogP contribution in [-0.4, -0.2) is 27.1 Å². The number of hydrogen-bond donors (Lipinski definition) is 1. The molecule has 1 atom stereocenters. The van der Waals surface area contributed by atoms with Crippen molar-refractivity contribution in [2.24, 2.45) is 0 Å². The fourth-order valence-electron chi connectivity index (χ4n) is 3.15. The molecule has 0 aliphatic carbocycles. The third-order valence-electron chi connectivity index (χ3n) is 4.89. The number of benzene rings is 2. The lowest BCUT2D eigenvalue weighted by Crippen LogP contribution is -2.32. The van der Waals surface area contributed by atoms with Crippen LogP contribution in [0.3, 0.4) is 0 Å². The molecule has 0 bridgehead atoms. The van der Waals surface area contributed by atoms with E-state index in [2.05, 4.69) is 12.2 Å². The van der Waals surface area contributed by atoms with E-state index in [0.29, 0.717) is 0 Å². The zero-order valence-corrected chi connectivity index (χ0v) is 18.6. The lowest BCUT2D eigenvalue weighted by atomic mass is 10.0. The van der Waals surface area contributed by atoms with Gasteiger partial charge in [-0.15, -0.1) is 0 Å². The number of nitrogens with one attached hydrogen (secondary N) is 1. The normalized spacial score (nSPS) is 13.0. The van der Waals surface area contributed by atoms with Crippen LogP contribution in [0, 0.1) is 0 Å². The molecular formula is C22H27F3N2O3S. The number of halogens is 3. The Balaban J connectivity index is 1.99. The molecule has 9 heteroatoms. The van der Waals surface area contributed by atoms with Crippen molar-refractivity contribution in [2.75, 3.05) is 17.1 Å². The van der Waals surface area contributed by atoms with Gasteiger partial charge in [-0.3, -0.25) is 9.10 Å². The molecule has 170 valence electrons. The van der Waals surface area contributed by atoms with Crippen LogP contribution in [0.1, 0.15) is 49.4 Å². The first-order chi connectivity index (χ1) is 14.4. The SMILES string of the molecule is CCc1ccc([C@H](C)NC(=O)CCCN(c2cccc(C(F)(F)F)c2)S(C)(=O)=O)cc1. The van der Waals surface area contributed by atoms with Gasteiger partial charge in [0, 0.05) is 13.0 Å². The Labute approximate surface area is 181 Å². The fraction of sp³-hybridized carbons (Fsp3) is 0.409. The summed E-state index contributed by atoms with van der Waals surface area (Å²) in [6.07, 6.45) is -2.53. The van der Waals surface area contributed by atoms with Gasteiger partial charge < -0.3 is 5.32 Å². The first kappa shape index (κ1) is 24.7. The van der Waals surface area contributed by atoms with Crippen molar-refractivity contribution in [3.05, 3.63) is 65.2 Å². The van der Waals surface area contributed by atoms with Crippen LogP contribution in [0.4, 0.5) is 18.9 Å². The van der Waals surface area contributed by atoms with Crippen LogP contribution in [0.15, 0.2) is 48.5 Å². The average Bonchev–Trinajstić information content (AvgIpc) is 2.69. The summed E-state index contributed by atoms with van der Waals surface area (Å²) in [4.78, 5) is 12.3. The van der Waals surface area contributed by atoms with Crippen molar-refractivity contribution < 1.29 is 26.4 Å². The van der Waals surface area contributed by atoms with Gasteiger partial charge in [0.2, 0.25) is 15.9 Å². The molecule has 0 spiro atoms. The summed E-state index contributed by atoms with van der Waals surface area (Å²) in [5, 5.41) is 2.86. The summed E-state index contributed by atoms with van der Waals surface area (Å²) < 4.78 is 64.1. The highest BCUT2D eigenvalue weighted by Crippen LogP contribution is 2.32. The summed E-state index contributed by atoms with van der Waals surface area (Å²) in [5.41, 5.74) is 1.13. The minimum absolute atomic E-state index is 0.0440. The van der Waals surface area contributed by atoms with Crippen LogP contribution in [0.5, 0.6) is 0 Å². The Morgan fingerprint density at radius 2 is 1.77 bits per heavy atom. The molecule has 0 radical (unpaired) electrons. The number of rotatable bonds is 9. The highest BCUT2D eigenvalue weighted by atomic mass is 32.2. The van der Waals surface area contributed by atoms with Crippen LogP contribution in [-0.2, 0) is 27.4 Å². The molecule has 0 fully saturated rings. The largest absolute Gasteiger partial charge is 0.416 e. The van der Waals surface area contributed by atoms with Crippen molar-refractivity contribution in [1.29, 1.82) is 0 Å². The van der Waals surface area contributed by atoms with E-state index in [0.717, 1.165) is 40.7 Å². The number of anilines is 1. The molecule has 0 saturated carbocycles. The summed E-state index contributed by atoms with van der Waals surface area (Å²) in [6.45, 7) is 3.80. The number of carbonyl (C=O) groups excluding carboxylic acids is 1. The Hall–Kier alpha value is -2.55. The van der Waals surface area contributed by atoms with Gasteiger partial charge in [-0.2, -0.15) is 13.2 Å². The molecule has 1 N–H and O–H groups in total. The van der Waals surface area contributed by atoms with Crippen molar-refractivity contribution >= 4 is 21.6 Å². The number of amides is 1. The summed E-state index contributed by atoms with van der Waals surface area (Å²) in [6, 6.07) is 11.8. The lowest BCUT2D eigenvalue weighted by molar-refractivity contribution is -0.137. The summed E-state index contributed by atoms with van der Waals surface area (Å²) in [5.74, 6) is -0.260. The third kappa shape index (κ3) is 7.27. The van der Waals surface area contributed by atoms with Crippen molar-refractivity contribution in [2.45, 2.75) is 45.3 Å². The number of alkyl halides is 3. The molecule has 0 aromatic heterocycles. The van der Waals surface area contributed by atoms with E-state index in [-0.39, 0.29) is 37.0 Å². The number of carbonyl (C=O) groups is 1. The quantitative estimate of drug-likeness (QED) is 0.595. The second-order valence-electron chi connectivity index (χ2n) is 7.37. The van der Waals surface area contributed by atoms with Gasteiger partial charge >= 0.3 is 6.18 Å². The minimum atomic E-state index is -4.58. The molecule has 0 unspecified atom stereocenters. The van der Waals surface area contributed by atoms with Gasteiger partial charge in [-0.25, -0.2) is 8.42 Å². The van der Waals surface area contributed by atoms with Crippen molar-refractivity contribution in [1.82, 2.24) is 5.32 Å². The molecule has 0 heterocycles. The number of hydrogen-bond acceptors (Lipinski definition) is 3. The molecule has 2 rings (SSSR count). The predicted molar refractivity (Wildman–Crippen MR) is 115 cm³/mol. The second-order valence-corrected chi connectivity index (χ2v) is 9.28. The zero-order chi connectivity index (χ0) is 23.2. The van der Waals surface area contributed by atoms with Gasteiger partial charge in [-0.1, -0.05) is 37.3 Å². The van der Waals surface area contributed by atoms with Crippen LogP contribution >= 0.6 is 0 Å². The zero-order valence-electron chi connectivity index (χ0n) is 17.7. The standard InChI is InChI=1S/C22H27F3N2O3S/c1-4-17-10-12-18(13-11-17)16(2)26-21(28)9-6-14-27(31(3,29)30)20-8-5-7-19(15-20)22(23,24)25/h5,7-8,10-13,15-16H,4,6,9,14H2,1-3H3,(H,26,28)/t16-/m0/s1. The van der Waals surface area contributed by atoms with Gasteiger partial charge in [-0.05, 0) is 49.1 Å². The molecular weight excluding hydrogens is 429 g/mol. The van der Waals surface area contributed by atoms with Crippen molar-refractivity contribution in [3.8, 4) is 0 Å². The Morgan fingerprint density at radius 3 is 2.32 bits per heavy atom. The third-order valence-corrected chi connectivity index (χ3v) is 6.09. The first-order valence-corrected chi connectivity index (χ1v) is 11.8. The monoisotopic (exact) mass is 456 g/mol. The molecule has 0 saturated heterocycles. The minimum Gasteiger partial charge on any atom is -0.350 e. The van der Waals surface area contributed by atoms with Gasteiger partial charge in [0.1, 0.15) is 0 Å². The molecule has 31 heavy (non-hydrogen) atoms. The van der Waals surface area contributed by atoms with E-state index < -0.39 is 21.8 Å². The van der Waals surface area contributed by atoms with Gasteiger partial charge in [0.25, 0.3) is 0 Å². The second kappa shape index (κ2) is 10.2. The smallest absolute Gasteiger partial charge is 0.350 e. The summed E-state index contributed by atoms with van der Waals surface area (Å²) in [7, 11) is -3.82. The molecule has 1 amide bonds. The van der Waals surface area contributed by atoms with Gasteiger partial charge in [0.05, 0.1) is 23.5 Å². The molecule has 2 aromatic carbocycles. The maximum atomic E-state index is 13.0. The van der Waals surface area contributed by atoms with E-state index >= 15 is 0 Å². The molecule has 5 nitrogen and oxygen atoms in total. The Morgan fingerprint density at radius 1 is 1.13 bits per heavy atom. The highest BCUT2D eigenvalue weighted by molar-refractivity contribution is 7.92. The summed E-state index contributed by atoms with van der Waals surface area (Å²) >= 11 is 0. The molecule has 0 aliphatic rings. The highest BCUT2D eigenvalue weighted by Gasteiger charge is 2.31. The maximum absolute atomic E-state index is 13.0. The number of aryl methyl sites for hydroxylation is 1. The van der Waals surface area contributed by atoms with Crippen LogP contribution < -0.4 is 9.62 Å². The van der Waals surface area contributed by atoms with E-state index in [1.807, 2.05) is 31.2 Å². The fourth-order valence-corrected chi connectivity index (χ4v) is 4.10. The Bertz CT molecular complexity index is 990. The molecule has 2 aromatic rings. The number of nitrogens with zero attached hydrogens (tertiary/aromatic N) is 1. The number of sulfonamides is 1. The Kier molecular flexibility index (Phi) is 8.11. The van der Waals surface area contributed by atoms with E-state index in [9.17, 15) is 26.4 Å². The van der Waals surface area contributed by atoms with Crippen LogP contribution in [0.2, 0.25) is 0 Å².